The van der Waals surface area contributed by atoms with Gasteiger partial charge in [-0.2, -0.15) is 0 Å². The van der Waals surface area contributed by atoms with Gasteiger partial charge in [0.25, 0.3) is 0 Å². The van der Waals surface area contributed by atoms with Gasteiger partial charge in [0.1, 0.15) is 6.04 Å². The number of aryl methyl sites for hydroxylation is 1. The second-order valence-electron chi connectivity index (χ2n) is 5.77. The fourth-order valence-corrected chi connectivity index (χ4v) is 2.87. The summed E-state index contributed by atoms with van der Waals surface area (Å²) in [7, 11) is 0. The lowest BCUT2D eigenvalue weighted by molar-refractivity contribution is -0.145. The van der Waals surface area contributed by atoms with Crippen molar-refractivity contribution in [2.24, 2.45) is 5.92 Å². The lowest BCUT2D eigenvalue weighted by Gasteiger charge is -2.37. The Morgan fingerprint density at radius 3 is 2.71 bits per heavy atom. The van der Waals surface area contributed by atoms with E-state index in [1.54, 1.807) is 0 Å². The van der Waals surface area contributed by atoms with Gasteiger partial charge in [0, 0.05) is 12.2 Å². The Labute approximate surface area is 125 Å². The van der Waals surface area contributed by atoms with Gasteiger partial charge in [0.15, 0.2) is 0 Å². The van der Waals surface area contributed by atoms with Gasteiger partial charge in [0.05, 0.1) is 0 Å². The van der Waals surface area contributed by atoms with Crippen LogP contribution in [0.4, 0.5) is 10.5 Å². The Hall–Kier alpha value is -2.04. The van der Waals surface area contributed by atoms with Crippen LogP contribution in [-0.4, -0.2) is 34.6 Å². The van der Waals surface area contributed by atoms with E-state index in [0.717, 1.165) is 29.7 Å². The number of anilines is 1. The van der Waals surface area contributed by atoms with Crippen LogP contribution in [0.1, 0.15) is 30.9 Å². The number of hydrogen-bond acceptors (Lipinski definition) is 2. The summed E-state index contributed by atoms with van der Waals surface area (Å²) >= 11 is 0. The molecule has 0 spiro atoms. The lowest BCUT2D eigenvalue weighted by Crippen LogP contribution is -2.53. The van der Waals surface area contributed by atoms with Crippen LogP contribution in [0.3, 0.4) is 0 Å². The number of amides is 2. The largest absolute Gasteiger partial charge is 0.480 e. The molecule has 114 valence electrons. The summed E-state index contributed by atoms with van der Waals surface area (Å²) < 4.78 is 0. The molecule has 1 heterocycles. The van der Waals surface area contributed by atoms with E-state index in [1.165, 1.54) is 4.90 Å². The van der Waals surface area contributed by atoms with Gasteiger partial charge in [-0.25, -0.2) is 9.59 Å². The van der Waals surface area contributed by atoms with E-state index in [2.05, 4.69) is 5.32 Å². The molecule has 5 heteroatoms. The van der Waals surface area contributed by atoms with Gasteiger partial charge < -0.3 is 15.3 Å². The maximum atomic E-state index is 12.4. The number of likely N-dealkylation sites (tertiary alicyclic amines) is 1. The molecule has 5 nitrogen and oxygen atoms in total. The van der Waals surface area contributed by atoms with Crippen molar-refractivity contribution in [3.05, 3.63) is 29.3 Å². The normalized spacial score (nSPS) is 22.0. The van der Waals surface area contributed by atoms with Crippen molar-refractivity contribution in [3.8, 4) is 0 Å². The topological polar surface area (TPSA) is 69.6 Å². The summed E-state index contributed by atoms with van der Waals surface area (Å²) in [6.45, 7) is 6.29. The van der Waals surface area contributed by atoms with Crippen LogP contribution in [0.2, 0.25) is 0 Å². The highest BCUT2D eigenvalue weighted by molar-refractivity contribution is 5.93. The molecule has 21 heavy (non-hydrogen) atoms. The van der Waals surface area contributed by atoms with Crippen LogP contribution < -0.4 is 5.32 Å². The van der Waals surface area contributed by atoms with E-state index in [4.69, 9.17) is 0 Å². The quantitative estimate of drug-likeness (QED) is 0.879. The van der Waals surface area contributed by atoms with Crippen molar-refractivity contribution in [3.63, 3.8) is 0 Å². The number of benzene rings is 1. The molecular weight excluding hydrogens is 268 g/mol. The zero-order valence-corrected chi connectivity index (χ0v) is 12.7. The van der Waals surface area contributed by atoms with Crippen LogP contribution in [0.25, 0.3) is 0 Å². The molecule has 2 atom stereocenters. The second-order valence-corrected chi connectivity index (χ2v) is 5.77. The first-order chi connectivity index (χ1) is 9.91. The van der Waals surface area contributed by atoms with Crippen LogP contribution >= 0.6 is 0 Å². The SMILES string of the molecule is Cc1cccc(NC(=O)N2CCCC(C)C2C(=O)O)c1C. The first kappa shape index (κ1) is 15.4. The number of hydrogen-bond donors (Lipinski definition) is 2. The van der Waals surface area contributed by atoms with E-state index in [9.17, 15) is 14.7 Å². The number of rotatable bonds is 2. The Morgan fingerprint density at radius 2 is 2.05 bits per heavy atom. The number of nitrogens with zero attached hydrogens (tertiary/aromatic N) is 1. The second kappa shape index (κ2) is 6.16. The Morgan fingerprint density at radius 1 is 1.33 bits per heavy atom. The highest BCUT2D eigenvalue weighted by Gasteiger charge is 2.37. The molecule has 2 N–H and O–H groups in total. The van der Waals surface area contributed by atoms with Crippen LogP contribution in [0.15, 0.2) is 18.2 Å². The number of nitrogens with one attached hydrogen (secondary N) is 1. The number of carbonyl (C=O) groups excluding carboxylic acids is 1. The zero-order chi connectivity index (χ0) is 15.6. The predicted molar refractivity (Wildman–Crippen MR) is 81.5 cm³/mol. The molecule has 2 rings (SSSR count). The third kappa shape index (κ3) is 3.17. The van der Waals surface area contributed by atoms with Crippen LogP contribution in [-0.2, 0) is 4.79 Å². The molecular formula is C16H22N2O3. The third-order valence-electron chi connectivity index (χ3n) is 4.29. The molecule has 1 aromatic carbocycles. The molecule has 1 fully saturated rings. The minimum absolute atomic E-state index is 0.0272. The summed E-state index contributed by atoms with van der Waals surface area (Å²) in [5, 5.41) is 12.2. The summed E-state index contributed by atoms with van der Waals surface area (Å²) in [5.41, 5.74) is 2.83. The molecule has 0 aromatic heterocycles. The van der Waals surface area contributed by atoms with Gasteiger partial charge >= 0.3 is 12.0 Å². The number of carboxylic acid groups (broad SMARTS) is 1. The molecule has 1 aliphatic heterocycles. The van der Waals surface area contributed by atoms with Crippen molar-refractivity contribution in [2.45, 2.75) is 39.7 Å². The highest BCUT2D eigenvalue weighted by Crippen LogP contribution is 2.25. The maximum absolute atomic E-state index is 12.4. The molecule has 0 aliphatic carbocycles. The monoisotopic (exact) mass is 290 g/mol. The van der Waals surface area contributed by atoms with Crippen molar-refractivity contribution >= 4 is 17.7 Å². The fraction of sp³-hybridized carbons (Fsp3) is 0.500. The molecule has 1 saturated heterocycles. The van der Waals surface area contributed by atoms with Crippen molar-refractivity contribution < 1.29 is 14.7 Å². The lowest BCUT2D eigenvalue weighted by atomic mass is 9.91. The van der Waals surface area contributed by atoms with Crippen molar-refractivity contribution in [2.75, 3.05) is 11.9 Å². The average Bonchev–Trinajstić information content (AvgIpc) is 2.43. The van der Waals surface area contributed by atoms with E-state index in [-0.39, 0.29) is 11.9 Å². The standard InChI is InChI=1S/C16H22N2O3/c1-10-6-4-8-13(12(10)3)17-16(21)18-9-5-7-11(2)14(18)15(19)20/h4,6,8,11,14H,5,7,9H2,1-3H3,(H,17,21)(H,19,20). The van der Waals surface area contributed by atoms with Gasteiger partial charge in [0.2, 0.25) is 0 Å². The average molecular weight is 290 g/mol. The number of urea groups is 1. The van der Waals surface area contributed by atoms with Gasteiger partial charge in [-0.1, -0.05) is 19.1 Å². The van der Waals surface area contributed by atoms with Gasteiger partial charge in [-0.3, -0.25) is 0 Å². The fourth-order valence-electron chi connectivity index (χ4n) is 2.87. The van der Waals surface area contributed by atoms with Crippen molar-refractivity contribution in [1.82, 2.24) is 4.90 Å². The van der Waals surface area contributed by atoms with E-state index in [1.807, 2.05) is 39.0 Å². The molecule has 1 aromatic rings. The Kier molecular flexibility index (Phi) is 4.50. The summed E-state index contributed by atoms with van der Waals surface area (Å²) in [6, 6.07) is 4.62. The summed E-state index contributed by atoms with van der Waals surface area (Å²) in [5.74, 6) is -0.959. The molecule has 1 aliphatic rings. The smallest absolute Gasteiger partial charge is 0.326 e. The number of aliphatic carboxylic acids is 1. The molecule has 0 bridgehead atoms. The van der Waals surface area contributed by atoms with E-state index in [0.29, 0.717) is 6.54 Å². The third-order valence-corrected chi connectivity index (χ3v) is 4.29. The van der Waals surface area contributed by atoms with Crippen LogP contribution in [0, 0.1) is 19.8 Å². The summed E-state index contributed by atoms with van der Waals surface area (Å²) in [6.07, 6.45) is 1.68. The minimum atomic E-state index is -0.932. The van der Waals surface area contributed by atoms with Crippen LogP contribution in [0.5, 0.6) is 0 Å². The van der Waals surface area contributed by atoms with E-state index >= 15 is 0 Å². The van der Waals surface area contributed by atoms with Crippen molar-refractivity contribution in [1.29, 1.82) is 0 Å². The Balaban J connectivity index is 2.18. The first-order valence-corrected chi connectivity index (χ1v) is 7.28. The highest BCUT2D eigenvalue weighted by atomic mass is 16.4. The molecule has 0 saturated carbocycles. The number of carbonyl (C=O) groups is 2. The van der Waals surface area contributed by atoms with Gasteiger partial charge in [-0.15, -0.1) is 0 Å². The molecule has 2 amide bonds. The number of piperidine rings is 1. The van der Waals surface area contributed by atoms with E-state index < -0.39 is 12.0 Å². The molecule has 2 unspecified atom stereocenters. The molecule has 0 radical (unpaired) electrons. The Bertz CT molecular complexity index is 556. The minimum Gasteiger partial charge on any atom is -0.480 e. The maximum Gasteiger partial charge on any atom is 0.326 e. The number of carboxylic acids is 1. The summed E-state index contributed by atoms with van der Waals surface area (Å²) in [4.78, 5) is 25.3. The zero-order valence-electron chi connectivity index (χ0n) is 12.7. The first-order valence-electron chi connectivity index (χ1n) is 7.28. The predicted octanol–water partition coefficient (Wildman–Crippen LogP) is 3.02. The van der Waals surface area contributed by atoms with Gasteiger partial charge in [-0.05, 0) is 49.8 Å².